The fraction of sp³-hybridized carbons (Fsp3) is 0.333. The minimum atomic E-state index is -1.30. The fourth-order valence-electron chi connectivity index (χ4n) is 4.02. The highest BCUT2D eigenvalue weighted by molar-refractivity contribution is 7.90. The highest BCUT2D eigenvalue weighted by Crippen LogP contribution is 2.33. The number of aromatic nitrogens is 4. The maximum Gasteiger partial charge on any atom is 0.344 e. The van der Waals surface area contributed by atoms with E-state index in [9.17, 15) is 4.55 Å². The summed E-state index contributed by atoms with van der Waals surface area (Å²) >= 11 is -1.30. The minimum absolute atomic E-state index is 0.243. The predicted octanol–water partition coefficient (Wildman–Crippen LogP) is 1.82. The van der Waals surface area contributed by atoms with Crippen LogP contribution in [0.15, 0.2) is 47.9 Å². The van der Waals surface area contributed by atoms with Crippen molar-refractivity contribution < 1.29 is 9.29 Å². The zero-order valence-corrected chi connectivity index (χ0v) is 17.4. The number of anilines is 2. The lowest BCUT2D eigenvalue weighted by atomic mass is 10.1. The number of fused-ring (bicyclic) bond motifs is 2. The molecule has 3 atom stereocenters. The number of nitrogens with two attached hydrogens (primary N) is 1. The van der Waals surface area contributed by atoms with Gasteiger partial charge >= 0.3 is 5.16 Å². The van der Waals surface area contributed by atoms with Crippen LogP contribution >= 0.6 is 0 Å². The van der Waals surface area contributed by atoms with Crippen LogP contribution in [0.4, 0.5) is 11.6 Å². The van der Waals surface area contributed by atoms with Crippen molar-refractivity contribution in [3.63, 3.8) is 0 Å². The van der Waals surface area contributed by atoms with Crippen LogP contribution in [0.25, 0.3) is 11.3 Å². The molecule has 2 aliphatic rings. The predicted molar refractivity (Wildman–Crippen MR) is 115 cm³/mol. The molecule has 2 aliphatic heterocycles. The average molecular weight is 423 g/mol. The normalized spacial score (nSPS) is 21.2. The molecule has 0 saturated carbocycles. The van der Waals surface area contributed by atoms with E-state index >= 15 is 0 Å². The molecule has 0 aliphatic carbocycles. The number of nitrogens with zero attached hydrogens (tertiary/aromatic N) is 5. The topological polar surface area (TPSA) is 113 Å². The van der Waals surface area contributed by atoms with Crippen LogP contribution in [-0.2, 0) is 22.3 Å². The van der Waals surface area contributed by atoms with Crippen molar-refractivity contribution >= 4 is 22.8 Å². The number of hydrogen-bond donors (Lipinski definition) is 1. The first-order chi connectivity index (χ1) is 14.6. The van der Waals surface area contributed by atoms with Crippen molar-refractivity contribution in [2.24, 2.45) is 0 Å². The third-order valence-electron chi connectivity index (χ3n) is 5.54. The summed E-state index contributed by atoms with van der Waals surface area (Å²) in [6.45, 7) is 1.49. The van der Waals surface area contributed by atoms with E-state index in [4.69, 9.17) is 10.5 Å². The van der Waals surface area contributed by atoms with Gasteiger partial charge in [0, 0.05) is 59.4 Å². The molecule has 2 N–H and O–H groups in total. The Morgan fingerprint density at radius 3 is 2.87 bits per heavy atom. The second-order valence-corrected chi connectivity index (χ2v) is 8.88. The molecule has 2 bridgehead atoms. The third-order valence-corrected chi connectivity index (χ3v) is 6.24. The first kappa shape index (κ1) is 19.2. The van der Waals surface area contributed by atoms with E-state index < -0.39 is 11.2 Å². The minimum Gasteiger partial charge on any atom is -0.609 e. The van der Waals surface area contributed by atoms with E-state index in [-0.39, 0.29) is 6.10 Å². The van der Waals surface area contributed by atoms with Crippen LogP contribution in [0, 0.1) is 0 Å². The summed E-state index contributed by atoms with van der Waals surface area (Å²) in [5.74, 6) is 1.25. The average Bonchev–Trinajstić information content (AvgIpc) is 3.39. The molecule has 5 heterocycles. The second kappa shape index (κ2) is 7.82. The molecule has 0 spiro atoms. The van der Waals surface area contributed by atoms with Gasteiger partial charge in [-0.3, -0.25) is 4.98 Å². The quantitative estimate of drug-likeness (QED) is 0.489. The largest absolute Gasteiger partial charge is 0.609 e. The summed E-state index contributed by atoms with van der Waals surface area (Å²) in [5.41, 5.74) is 9.40. The molecule has 3 aromatic heterocycles. The highest BCUT2D eigenvalue weighted by atomic mass is 32.2. The van der Waals surface area contributed by atoms with Crippen LogP contribution < -0.4 is 10.6 Å². The van der Waals surface area contributed by atoms with Crippen LogP contribution in [0.2, 0.25) is 0 Å². The summed E-state index contributed by atoms with van der Waals surface area (Å²) in [4.78, 5) is 20.1. The molecular formula is C21H22N6O2S. The number of rotatable bonds is 5. The number of hydrogen-bond acceptors (Lipinski definition) is 8. The molecule has 0 aromatic carbocycles. The van der Waals surface area contributed by atoms with Crippen LogP contribution in [0.5, 0.6) is 0 Å². The monoisotopic (exact) mass is 422 g/mol. The summed E-state index contributed by atoms with van der Waals surface area (Å²) in [6.07, 6.45) is 6.87. The summed E-state index contributed by atoms with van der Waals surface area (Å²) in [5, 5.41) is 0.314. The Bertz CT molecular complexity index is 1060. The molecule has 3 aromatic rings. The number of nitrogen functional groups attached to an aromatic ring is 1. The van der Waals surface area contributed by atoms with Gasteiger partial charge in [-0.05, 0) is 24.6 Å². The van der Waals surface area contributed by atoms with Gasteiger partial charge in [0.25, 0.3) is 0 Å². The van der Waals surface area contributed by atoms with Crippen molar-refractivity contribution in [3.05, 3.63) is 54.0 Å². The molecule has 2 saturated heterocycles. The van der Waals surface area contributed by atoms with Crippen LogP contribution in [0.1, 0.15) is 17.7 Å². The zero-order chi connectivity index (χ0) is 20.7. The molecule has 1 unspecified atom stereocenters. The van der Waals surface area contributed by atoms with Gasteiger partial charge in [-0.25, -0.2) is 4.98 Å². The van der Waals surface area contributed by atoms with Gasteiger partial charge in [0.1, 0.15) is 17.9 Å². The zero-order valence-electron chi connectivity index (χ0n) is 16.6. The third kappa shape index (κ3) is 3.71. The van der Waals surface area contributed by atoms with Gasteiger partial charge in [0.2, 0.25) is 0 Å². The lowest BCUT2D eigenvalue weighted by molar-refractivity contribution is 0.0988. The van der Waals surface area contributed by atoms with Gasteiger partial charge in [-0.2, -0.15) is 9.97 Å². The molecule has 8 nitrogen and oxygen atoms in total. The van der Waals surface area contributed by atoms with Crippen molar-refractivity contribution in [2.75, 3.05) is 30.0 Å². The Labute approximate surface area is 177 Å². The molecule has 30 heavy (non-hydrogen) atoms. The van der Waals surface area contributed by atoms with Crippen LogP contribution in [0.3, 0.4) is 0 Å². The van der Waals surface area contributed by atoms with Gasteiger partial charge in [0.05, 0.1) is 24.4 Å². The maximum absolute atomic E-state index is 12.2. The summed E-state index contributed by atoms with van der Waals surface area (Å²) < 4.78 is 17.9. The standard InChI is InChI=1S/C21H22N6O2S/c1-30(28)21-25-18(9-19(26-21)27-11-17-8-16(27)12-29-17)14-6-13(20(22)24-10-14)7-15-4-2-3-5-23-15/h2-6,9-10,16-17H,7-8,11-12H2,1H3,(H2,22,24)/t16-,17-,30?/m0/s1. The molecule has 5 rings (SSSR count). The summed E-state index contributed by atoms with van der Waals surface area (Å²) in [6, 6.07) is 10.0. The Balaban J connectivity index is 1.52. The lowest BCUT2D eigenvalue weighted by Gasteiger charge is -2.28. The van der Waals surface area contributed by atoms with Gasteiger partial charge in [-0.1, -0.05) is 6.07 Å². The van der Waals surface area contributed by atoms with E-state index in [0.717, 1.165) is 35.6 Å². The first-order valence-corrected chi connectivity index (χ1v) is 11.4. The number of morpholine rings is 1. The number of pyridine rings is 2. The Kier molecular flexibility index (Phi) is 5.01. The smallest absolute Gasteiger partial charge is 0.344 e. The second-order valence-electron chi connectivity index (χ2n) is 7.61. The molecule has 2 fully saturated rings. The van der Waals surface area contributed by atoms with Gasteiger partial charge in [-0.15, -0.1) is 0 Å². The van der Waals surface area contributed by atoms with Gasteiger partial charge in [0.15, 0.2) is 0 Å². The Morgan fingerprint density at radius 1 is 1.27 bits per heavy atom. The summed E-state index contributed by atoms with van der Waals surface area (Å²) in [7, 11) is 0. The SMILES string of the molecule is C[S+]([O-])c1nc(-c2cnc(N)c(Cc3ccccn3)c2)cc(N2C[C@@H]3C[C@H]2CO3)n1. The van der Waals surface area contributed by atoms with E-state index in [2.05, 4.69) is 24.8 Å². The Hall–Kier alpha value is -2.75. The van der Waals surface area contributed by atoms with Crippen molar-refractivity contribution in [2.45, 2.75) is 30.1 Å². The Morgan fingerprint density at radius 2 is 2.17 bits per heavy atom. The molecule has 0 radical (unpaired) electrons. The van der Waals surface area contributed by atoms with Gasteiger partial charge < -0.3 is 19.9 Å². The first-order valence-electron chi connectivity index (χ1n) is 9.82. The van der Waals surface area contributed by atoms with Crippen molar-refractivity contribution in [3.8, 4) is 11.3 Å². The maximum atomic E-state index is 12.2. The van der Waals surface area contributed by atoms with Crippen molar-refractivity contribution in [1.82, 2.24) is 19.9 Å². The highest BCUT2D eigenvalue weighted by Gasteiger charge is 2.40. The van der Waals surface area contributed by atoms with E-state index in [1.807, 2.05) is 30.3 Å². The molecule has 9 heteroatoms. The van der Waals surface area contributed by atoms with E-state index in [0.29, 0.717) is 35.7 Å². The fourth-order valence-corrected chi connectivity index (χ4v) is 4.47. The van der Waals surface area contributed by atoms with Crippen LogP contribution in [-0.4, -0.2) is 56.0 Å². The lowest BCUT2D eigenvalue weighted by Crippen LogP contribution is -2.37. The molecule has 154 valence electrons. The molecule has 0 amide bonds. The number of ether oxygens (including phenoxy) is 1. The van der Waals surface area contributed by atoms with E-state index in [1.165, 1.54) is 0 Å². The van der Waals surface area contributed by atoms with Crippen molar-refractivity contribution in [1.29, 1.82) is 0 Å². The molecular weight excluding hydrogens is 400 g/mol. The van der Waals surface area contributed by atoms with E-state index in [1.54, 1.807) is 18.6 Å².